The van der Waals surface area contributed by atoms with E-state index in [0.29, 0.717) is 5.92 Å². The quantitative estimate of drug-likeness (QED) is 0.763. The topological polar surface area (TPSA) is 58.2 Å². The van der Waals surface area contributed by atoms with Crippen LogP contribution in [0.25, 0.3) is 11.0 Å². The Kier molecular flexibility index (Phi) is 4.84. The van der Waals surface area contributed by atoms with Crippen molar-refractivity contribution < 1.29 is 9.53 Å². The first kappa shape index (κ1) is 17.6. The predicted octanol–water partition coefficient (Wildman–Crippen LogP) is 3.96. The molecule has 1 saturated heterocycles. The third-order valence-electron chi connectivity index (χ3n) is 5.32. The summed E-state index contributed by atoms with van der Waals surface area (Å²) in [4.78, 5) is 22.6. The molecule has 140 valence electrons. The summed E-state index contributed by atoms with van der Waals surface area (Å²) in [7, 11) is 0. The van der Waals surface area contributed by atoms with Crippen LogP contribution < -0.4 is 4.74 Å². The number of aryl methyl sites for hydroxylation is 2. The number of fused-ring (bicyclic) bond motifs is 1. The number of H-pyrrole nitrogens is 1. The van der Waals surface area contributed by atoms with Gasteiger partial charge in [-0.25, -0.2) is 4.98 Å². The molecule has 5 nitrogen and oxygen atoms in total. The highest BCUT2D eigenvalue weighted by atomic mass is 16.5. The van der Waals surface area contributed by atoms with E-state index in [1.807, 2.05) is 49.1 Å². The summed E-state index contributed by atoms with van der Waals surface area (Å²) < 4.78 is 5.75. The van der Waals surface area contributed by atoms with Gasteiger partial charge in [0, 0.05) is 19.0 Å². The van der Waals surface area contributed by atoms with Gasteiger partial charge in [-0.05, 0) is 50.5 Å². The SMILES string of the molecule is Cc1ccc(OCC(=O)N2CCC(c3nc4ccccc4[nH]3)CC2)c(C)c1. The number of nitrogens with one attached hydrogen (secondary N) is 1. The molecule has 1 aliphatic heterocycles. The molecule has 0 radical (unpaired) electrons. The molecule has 1 N–H and O–H groups in total. The van der Waals surface area contributed by atoms with Crippen LogP contribution in [0, 0.1) is 13.8 Å². The van der Waals surface area contributed by atoms with E-state index in [9.17, 15) is 4.79 Å². The van der Waals surface area contributed by atoms with Crippen molar-refractivity contribution in [2.24, 2.45) is 0 Å². The maximum atomic E-state index is 12.5. The van der Waals surface area contributed by atoms with Crippen LogP contribution in [0.4, 0.5) is 0 Å². The van der Waals surface area contributed by atoms with E-state index in [1.165, 1.54) is 5.56 Å². The highest BCUT2D eigenvalue weighted by Crippen LogP contribution is 2.28. The van der Waals surface area contributed by atoms with Gasteiger partial charge in [0.15, 0.2) is 6.61 Å². The summed E-state index contributed by atoms with van der Waals surface area (Å²) >= 11 is 0. The van der Waals surface area contributed by atoms with E-state index in [2.05, 4.69) is 17.1 Å². The van der Waals surface area contributed by atoms with Gasteiger partial charge in [-0.2, -0.15) is 0 Å². The fourth-order valence-corrected chi connectivity index (χ4v) is 3.76. The molecular formula is C22H25N3O2. The number of carbonyl (C=O) groups is 1. The monoisotopic (exact) mass is 363 g/mol. The molecule has 5 heteroatoms. The first-order chi connectivity index (χ1) is 13.1. The largest absolute Gasteiger partial charge is 0.484 e. The van der Waals surface area contributed by atoms with Crippen molar-refractivity contribution in [3.05, 3.63) is 59.4 Å². The average molecular weight is 363 g/mol. The van der Waals surface area contributed by atoms with Gasteiger partial charge in [0.2, 0.25) is 0 Å². The summed E-state index contributed by atoms with van der Waals surface area (Å²) in [5.41, 5.74) is 4.34. The number of hydrogen-bond acceptors (Lipinski definition) is 3. The number of aromatic amines is 1. The molecule has 1 aliphatic rings. The summed E-state index contributed by atoms with van der Waals surface area (Å²) in [6, 6.07) is 14.1. The summed E-state index contributed by atoms with van der Waals surface area (Å²) in [5, 5.41) is 0. The Morgan fingerprint density at radius 2 is 1.96 bits per heavy atom. The van der Waals surface area contributed by atoms with Crippen molar-refractivity contribution >= 4 is 16.9 Å². The molecule has 0 atom stereocenters. The molecule has 0 saturated carbocycles. The smallest absolute Gasteiger partial charge is 0.260 e. The van der Waals surface area contributed by atoms with Crippen molar-refractivity contribution in [2.75, 3.05) is 19.7 Å². The van der Waals surface area contributed by atoms with E-state index in [0.717, 1.165) is 54.1 Å². The number of carbonyl (C=O) groups excluding carboxylic acids is 1. The fourth-order valence-electron chi connectivity index (χ4n) is 3.76. The van der Waals surface area contributed by atoms with E-state index >= 15 is 0 Å². The van der Waals surface area contributed by atoms with E-state index < -0.39 is 0 Å². The Morgan fingerprint density at radius 3 is 2.70 bits per heavy atom. The van der Waals surface area contributed by atoms with Gasteiger partial charge in [0.05, 0.1) is 11.0 Å². The van der Waals surface area contributed by atoms with Gasteiger partial charge in [0.25, 0.3) is 5.91 Å². The number of ether oxygens (including phenoxy) is 1. The zero-order chi connectivity index (χ0) is 18.8. The van der Waals surface area contributed by atoms with Crippen molar-refractivity contribution in [1.82, 2.24) is 14.9 Å². The summed E-state index contributed by atoms with van der Waals surface area (Å²) in [6.45, 7) is 5.65. The number of likely N-dealkylation sites (tertiary alicyclic amines) is 1. The predicted molar refractivity (Wildman–Crippen MR) is 106 cm³/mol. The van der Waals surface area contributed by atoms with Gasteiger partial charge < -0.3 is 14.6 Å². The fraction of sp³-hybridized carbons (Fsp3) is 0.364. The molecule has 1 aromatic heterocycles. The zero-order valence-electron chi connectivity index (χ0n) is 15.9. The van der Waals surface area contributed by atoms with E-state index in [-0.39, 0.29) is 12.5 Å². The Bertz CT molecular complexity index is 922. The molecular weight excluding hydrogens is 338 g/mol. The minimum absolute atomic E-state index is 0.0537. The third kappa shape index (κ3) is 3.82. The van der Waals surface area contributed by atoms with E-state index in [1.54, 1.807) is 0 Å². The van der Waals surface area contributed by atoms with Crippen LogP contribution >= 0.6 is 0 Å². The third-order valence-corrected chi connectivity index (χ3v) is 5.32. The maximum absolute atomic E-state index is 12.5. The average Bonchev–Trinajstić information content (AvgIpc) is 3.11. The molecule has 27 heavy (non-hydrogen) atoms. The molecule has 0 bridgehead atoms. The lowest BCUT2D eigenvalue weighted by atomic mass is 9.96. The number of para-hydroxylation sites is 2. The first-order valence-corrected chi connectivity index (χ1v) is 9.52. The minimum atomic E-state index is 0.0537. The second kappa shape index (κ2) is 7.43. The van der Waals surface area contributed by atoms with Crippen molar-refractivity contribution in [3.8, 4) is 5.75 Å². The minimum Gasteiger partial charge on any atom is -0.484 e. The summed E-state index contributed by atoms with van der Waals surface area (Å²) in [6.07, 6.45) is 1.85. The number of aromatic nitrogens is 2. The van der Waals surface area contributed by atoms with Crippen LogP contribution in [0.15, 0.2) is 42.5 Å². The van der Waals surface area contributed by atoms with Crippen LogP contribution in [0.2, 0.25) is 0 Å². The van der Waals surface area contributed by atoms with Gasteiger partial charge >= 0.3 is 0 Å². The second-order valence-corrected chi connectivity index (χ2v) is 7.35. The number of imidazole rings is 1. The van der Waals surface area contributed by atoms with Gasteiger partial charge in [-0.3, -0.25) is 4.79 Å². The molecule has 2 aromatic carbocycles. The number of benzene rings is 2. The van der Waals surface area contributed by atoms with Crippen LogP contribution in [0.1, 0.15) is 35.7 Å². The van der Waals surface area contributed by atoms with Crippen LogP contribution in [0.5, 0.6) is 5.75 Å². The molecule has 4 rings (SSSR count). The van der Waals surface area contributed by atoms with Gasteiger partial charge in [0.1, 0.15) is 11.6 Å². The Hall–Kier alpha value is -2.82. The lowest BCUT2D eigenvalue weighted by molar-refractivity contribution is -0.134. The normalized spacial score (nSPS) is 15.3. The lowest BCUT2D eigenvalue weighted by Crippen LogP contribution is -2.40. The van der Waals surface area contributed by atoms with Crippen LogP contribution in [0.3, 0.4) is 0 Å². The van der Waals surface area contributed by atoms with Crippen molar-refractivity contribution in [2.45, 2.75) is 32.6 Å². The maximum Gasteiger partial charge on any atom is 0.260 e. The standard InChI is InChI=1S/C22H25N3O2/c1-15-7-8-20(16(2)13-15)27-14-21(26)25-11-9-17(10-12-25)22-23-18-5-3-4-6-19(18)24-22/h3-8,13,17H,9-12,14H2,1-2H3,(H,23,24). The first-order valence-electron chi connectivity index (χ1n) is 9.52. The van der Waals surface area contributed by atoms with Gasteiger partial charge in [-0.15, -0.1) is 0 Å². The lowest BCUT2D eigenvalue weighted by Gasteiger charge is -2.31. The van der Waals surface area contributed by atoms with Crippen molar-refractivity contribution in [3.63, 3.8) is 0 Å². The number of rotatable bonds is 4. The highest BCUT2D eigenvalue weighted by Gasteiger charge is 2.26. The molecule has 3 aromatic rings. The Labute approximate surface area is 159 Å². The Morgan fingerprint density at radius 1 is 1.19 bits per heavy atom. The van der Waals surface area contributed by atoms with Crippen LogP contribution in [-0.4, -0.2) is 40.5 Å². The van der Waals surface area contributed by atoms with E-state index in [4.69, 9.17) is 9.72 Å². The molecule has 2 heterocycles. The van der Waals surface area contributed by atoms with Crippen LogP contribution in [-0.2, 0) is 4.79 Å². The number of hydrogen-bond donors (Lipinski definition) is 1. The van der Waals surface area contributed by atoms with Gasteiger partial charge in [-0.1, -0.05) is 29.8 Å². The molecule has 1 amide bonds. The second-order valence-electron chi connectivity index (χ2n) is 7.35. The molecule has 1 fully saturated rings. The molecule has 0 unspecified atom stereocenters. The highest BCUT2D eigenvalue weighted by molar-refractivity contribution is 5.78. The zero-order valence-corrected chi connectivity index (χ0v) is 15.9. The number of piperidine rings is 1. The number of nitrogens with zero attached hydrogens (tertiary/aromatic N) is 2. The number of amides is 1. The Balaban J connectivity index is 1.32. The molecule has 0 spiro atoms. The van der Waals surface area contributed by atoms with Crippen molar-refractivity contribution in [1.29, 1.82) is 0 Å². The summed E-state index contributed by atoms with van der Waals surface area (Å²) in [5.74, 6) is 2.25. The molecule has 0 aliphatic carbocycles.